The molecule has 2 saturated heterocycles. The first kappa shape index (κ1) is 58.0. The molecule has 6 aliphatic rings. The van der Waals surface area contributed by atoms with E-state index in [4.69, 9.17) is 25.8 Å². The monoisotopic (exact) mass is 1200 g/mol. The summed E-state index contributed by atoms with van der Waals surface area (Å²) in [6.07, 6.45) is 3.65. The fourth-order valence-electron chi connectivity index (χ4n) is 9.77. The van der Waals surface area contributed by atoms with E-state index in [-0.39, 0.29) is 107 Å². The van der Waals surface area contributed by atoms with Gasteiger partial charge in [-0.25, -0.2) is 14.4 Å². The van der Waals surface area contributed by atoms with Crippen LogP contribution in [-0.4, -0.2) is 94.4 Å². The topological polar surface area (TPSA) is 160 Å². The minimum absolute atomic E-state index is 0. The van der Waals surface area contributed by atoms with Crippen LogP contribution in [0.5, 0.6) is 0 Å². The van der Waals surface area contributed by atoms with Gasteiger partial charge in [-0.2, -0.15) is 17.6 Å². The quantitative estimate of drug-likeness (QED) is 0.0438. The van der Waals surface area contributed by atoms with Gasteiger partial charge in [0.1, 0.15) is 17.2 Å². The molecular weight excluding hydrogens is 1150 g/mol. The first-order valence-corrected chi connectivity index (χ1v) is 25.7. The summed E-state index contributed by atoms with van der Waals surface area (Å²) in [5, 5.41) is 11.0. The minimum Gasteiger partial charge on any atom is -0.548 e. The van der Waals surface area contributed by atoms with E-state index in [1.807, 2.05) is 0 Å². The van der Waals surface area contributed by atoms with Gasteiger partial charge in [-0.05, 0) is 150 Å². The molecule has 12 nitrogen and oxygen atoms in total. The van der Waals surface area contributed by atoms with Crippen LogP contribution in [-0.2, 0) is 35.6 Å². The molecule has 4 fully saturated rings. The molecule has 4 aliphatic carbocycles. The number of ether oxygens (including phenoxy) is 3. The Hall–Kier alpha value is -3.69. The van der Waals surface area contributed by atoms with Crippen LogP contribution >= 0.6 is 43.5 Å². The molecule has 0 radical (unpaired) electrons. The number of carboxylic acids is 1. The molecule has 2 saturated carbocycles. The number of likely N-dealkylation sites (tertiary alicyclic amines) is 2. The summed E-state index contributed by atoms with van der Waals surface area (Å²) in [6.45, 7) is 10.8. The van der Waals surface area contributed by atoms with E-state index < -0.39 is 71.6 Å². The number of aliphatic carboxylic acids is 1. The van der Waals surface area contributed by atoms with Crippen molar-refractivity contribution >= 4 is 79.2 Å². The summed E-state index contributed by atoms with van der Waals surface area (Å²) < 4.78 is 76.3. The smallest absolute Gasteiger partial charge is 0.548 e. The normalized spacial score (nSPS) is 20.0. The van der Waals surface area contributed by atoms with Crippen LogP contribution in [0.15, 0.2) is 81.7 Å². The third kappa shape index (κ3) is 12.2. The number of rotatable bonds is 7. The number of fused-ring (bicyclic) bond motifs is 6. The van der Waals surface area contributed by atoms with Crippen molar-refractivity contribution in [3.05, 3.63) is 115 Å². The zero-order valence-corrected chi connectivity index (χ0v) is 48.8. The third-order valence-electron chi connectivity index (χ3n) is 13.8. The van der Waals surface area contributed by atoms with Gasteiger partial charge >= 0.3 is 69.5 Å². The maximum Gasteiger partial charge on any atom is 1.00 e. The number of Topliss-reactive ketones (excluding diaryl/α,β-unsaturated/α-hetero) is 2. The molecule has 20 heteroatoms. The van der Waals surface area contributed by atoms with Crippen molar-refractivity contribution < 1.29 is 117 Å². The Labute approximate surface area is 490 Å². The second kappa shape index (κ2) is 21.3. The van der Waals surface area contributed by atoms with Crippen LogP contribution in [0.1, 0.15) is 123 Å². The summed E-state index contributed by atoms with van der Waals surface area (Å²) in [5.74, 6) is -9.40. The molecular formula is C54H52Br2ClF4KN2O10. The van der Waals surface area contributed by atoms with Gasteiger partial charge in [0.2, 0.25) is 0 Å². The fourth-order valence-corrected chi connectivity index (χ4v) is 10.6. The van der Waals surface area contributed by atoms with Crippen LogP contribution in [0.3, 0.4) is 0 Å². The van der Waals surface area contributed by atoms with Gasteiger partial charge in [0.15, 0.2) is 18.2 Å². The molecule has 0 N–H and O–H groups in total. The Bertz CT molecular complexity index is 2950. The van der Waals surface area contributed by atoms with E-state index in [1.54, 1.807) is 71.9 Å². The Morgan fingerprint density at radius 1 is 0.608 bits per heavy atom. The Morgan fingerprint density at radius 2 is 0.973 bits per heavy atom. The second-order valence-electron chi connectivity index (χ2n) is 21.6. The van der Waals surface area contributed by atoms with Crippen LogP contribution in [0.2, 0.25) is 0 Å². The minimum atomic E-state index is -3.25. The standard InChI is InChI=1S/C27H26BrF2NO5.C15H8BrClF2O.C12H19NO4.K/c1-25(2,3)36-24(34)31-14-26(8-9-26)12-21(31)23(33)35-13-22(32)15-4-6-17-18-7-5-16(28)11-20(18)27(29,30)19(17)10-15;16-9-2-4-11-10-3-1-8(14(20)7-17)5-12(10)15(18,19)13(11)6-9;1-11(2,3)17-10(16)13-7-12(4-5-12)6-8(13)9(14)15;/h4-7,10-11,21H,8-9,12-14H2,1-3H3;1-6H,7H2;8H,4-7H2,1-3H3,(H,14,15);/q;;;+1/p-1/t21-;;8-;/m0.0./s1. The fraction of sp³-hybridized carbons (Fsp3) is 0.444. The van der Waals surface area contributed by atoms with Crippen LogP contribution in [0.4, 0.5) is 27.2 Å². The molecule has 0 bridgehead atoms. The number of amides is 2. The van der Waals surface area contributed by atoms with Gasteiger partial charge in [0, 0.05) is 55.4 Å². The molecule has 2 heterocycles. The van der Waals surface area contributed by atoms with E-state index in [9.17, 15) is 42.7 Å². The van der Waals surface area contributed by atoms with E-state index in [0.29, 0.717) is 57.1 Å². The molecule has 4 aromatic carbocycles. The molecule has 0 aromatic heterocycles. The zero-order valence-electron chi connectivity index (χ0n) is 41.8. The average molecular weight is 1200 g/mol. The second-order valence-corrected chi connectivity index (χ2v) is 23.7. The number of esters is 1. The summed E-state index contributed by atoms with van der Waals surface area (Å²) in [6, 6.07) is 16.3. The van der Waals surface area contributed by atoms with E-state index in [1.165, 1.54) is 52.3 Å². The number of alkyl halides is 5. The number of ketones is 2. The van der Waals surface area contributed by atoms with Crippen LogP contribution < -0.4 is 56.5 Å². The van der Waals surface area contributed by atoms with Crippen molar-refractivity contribution in [2.45, 2.75) is 115 Å². The molecule has 0 unspecified atom stereocenters. The molecule has 4 aromatic rings. The van der Waals surface area contributed by atoms with Crippen molar-refractivity contribution in [3.8, 4) is 22.3 Å². The number of hydrogen-bond acceptors (Lipinski definition) is 10. The first-order chi connectivity index (χ1) is 34.0. The molecule has 10 rings (SSSR count). The predicted molar refractivity (Wildman–Crippen MR) is 267 cm³/mol. The van der Waals surface area contributed by atoms with Crippen LogP contribution in [0.25, 0.3) is 22.3 Å². The van der Waals surface area contributed by atoms with E-state index in [2.05, 4.69) is 31.9 Å². The third-order valence-corrected chi connectivity index (χ3v) is 15.0. The zero-order chi connectivity index (χ0) is 53.4. The van der Waals surface area contributed by atoms with Gasteiger partial charge in [-0.3, -0.25) is 19.4 Å². The van der Waals surface area contributed by atoms with E-state index >= 15 is 8.78 Å². The van der Waals surface area contributed by atoms with Crippen molar-refractivity contribution in [2.24, 2.45) is 10.8 Å². The largest absolute Gasteiger partial charge is 1.00 e. The number of hydrogen-bond donors (Lipinski definition) is 0. The average Bonchev–Trinajstić information content (AvgIpc) is 4.12. The number of carbonyl (C=O) groups excluding carboxylic acids is 6. The summed E-state index contributed by atoms with van der Waals surface area (Å²) in [5.41, 5.74) is 0.0376. The molecule has 2 spiro atoms. The number of benzene rings is 4. The van der Waals surface area contributed by atoms with Gasteiger partial charge in [0.25, 0.3) is 11.8 Å². The summed E-state index contributed by atoms with van der Waals surface area (Å²) in [7, 11) is 0. The van der Waals surface area contributed by atoms with Crippen molar-refractivity contribution in [1.29, 1.82) is 0 Å². The van der Waals surface area contributed by atoms with Gasteiger partial charge in [-0.15, -0.1) is 11.6 Å². The summed E-state index contributed by atoms with van der Waals surface area (Å²) in [4.78, 5) is 75.6. The van der Waals surface area contributed by atoms with Gasteiger partial charge in [-0.1, -0.05) is 68.3 Å². The molecule has 2 atom stereocenters. The Morgan fingerprint density at radius 3 is 1.35 bits per heavy atom. The number of carboxylic acid groups (broad SMARTS) is 1. The molecule has 2 aliphatic heterocycles. The number of halogens is 7. The van der Waals surface area contributed by atoms with Crippen molar-refractivity contribution in [1.82, 2.24) is 9.80 Å². The van der Waals surface area contributed by atoms with Crippen molar-refractivity contribution in [3.63, 3.8) is 0 Å². The van der Waals surface area contributed by atoms with Gasteiger partial charge < -0.3 is 24.1 Å². The Kier molecular flexibility index (Phi) is 16.7. The maximum atomic E-state index is 15.1. The summed E-state index contributed by atoms with van der Waals surface area (Å²) >= 11 is 11.9. The van der Waals surface area contributed by atoms with Crippen LogP contribution in [0, 0.1) is 10.8 Å². The molecule has 74 heavy (non-hydrogen) atoms. The molecule has 388 valence electrons. The van der Waals surface area contributed by atoms with E-state index in [0.717, 1.165) is 25.7 Å². The van der Waals surface area contributed by atoms with Gasteiger partial charge in [0.05, 0.1) is 17.9 Å². The van der Waals surface area contributed by atoms with Crippen molar-refractivity contribution in [2.75, 3.05) is 25.6 Å². The Balaban J connectivity index is 0.000000178. The SMILES string of the molecule is CC(C)(C)OC(=O)N1CC2(CC2)C[C@H]1C(=O)OCC(=O)c1ccc2c(c1)C(F)(F)c1cc(Br)ccc1-2.CC(C)(C)OC(=O)N1CC2(CC2)C[C@H]1C(=O)[O-].O=C(CCl)c1ccc2c(c1)C(F)(F)c1cc(Br)ccc1-2.[K+]. The number of nitrogens with zero attached hydrogens (tertiary/aromatic N) is 2. The number of carbonyl (C=O) groups is 6. The first-order valence-electron chi connectivity index (χ1n) is 23.6. The predicted octanol–water partition coefficient (Wildman–Crippen LogP) is 8.61. The maximum absolute atomic E-state index is 15.1. The molecule has 2 amide bonds.